The van der Waals surface area contributed by atoms with E-state index in [2.05, 4.69) is 48.7 Å². The second-order valence-corrected chi connectivity index (χ2v) is 9.50. The van der Waals surface area contributed by atoms with Gasteiger partial charge in [0.15, 0.2) is 4.90 Å². The third-order valence-corrected chi connectivity index (χ3v) is 8.90. The van der Waals surface area contributed by atoms with Crippen LogP contribution in [0, 0.1) is 0 Å². The van der Waals surface area contributed by atoms with Crippen LogP contribution in [0.2, 0.25) is 0 Å². The fraction of sp³-hybridized carbons (Fsp3) is 0.353. The van der Waals surface area contributed by atoms with Gasteiger partial charge in [0, 0.05) is 33.2 Å². The molecule has 3 heteroatoms. The summed E-state index contributed by atoms with van der Waals surface area (Å²) in [7, 11) is 2.74. The van der Waals surface area contributed by atoms with Gasteiger partial charge in [-0.15, -0.1) is 0 Å². The predicted octanol–water partition coefficient (Wildman–Crippen LogP) is 3.93. The van der Waals surface area contributed by atoms with Gasteiger partial charge in [-0.05, 0) is 25.1 Å². The molecule has 1 saturated heterocycles. The maximum absolute atomic E-state index is 5.50. The predicted molar refractivity (Wildman–Crippen MR) is 94.9 cm³/mol. The highest BCUT2D eigenvalue weighted by Gasteiger charge is 2.28. The van der Waals surface area contributed by atoms with Crippen molar-refractivity contribution in [1.29, 1.82) is 0 Å². The number of hydrogen-bond acceptors (Lipinski definition) is 1. The Kier molecular flexibility index (Phi) is 4.37. The van der Waals surface area contributed by atoms with E-state index in [-0.39, 0.29) is 0 Å². The third-order valence-electron chi connectivity index (χ3n) is 3.89. The summed E-state index contributed by atoms with van der Waals surface area (Å²) in [5, 5.41) is 5.05. The first-order valence-corrected chi connectivity index (χ1v) is 10.2. The van der Waals surface area contributed by atoms with E-state index in [1.54, 1.807) is 12.0 Å². The van der Waals surface area contributed by atoms with Gasteiger partial charge in [-0.3, -0.25) is 0 Å². The molecule has 2 aromatic rings. The number of fused-ring (bicyclic) bond motifs is 1. The molecule has 1 aliphatic rings. The van der Waals surface area contributed by atoms with Crippen LogP contribution in [-0.2, 0) is 10.9 Å². The van der Waals surface area contributed by atoms with Crippen molar-refractivity contribution < 1.29 is 4.74 Å². The van der Waals surface area contributed by atoms with Gasteiger partial charge in [0.25, 0.3) is 0 Å². The van der Waals surface area contributed by atoms with E-state index in [0.29, 0.717) is 21.4 Å². The van der Waals surface area contributed by atoms with Crippen molar-refractivity contribution in [3.05, 3.63) is 36.4 Å². The number of methoxy groups -OCH3 is 1. The average Bonchev–Trinajstić information content (AvgIpc) is 2.54. The van der Waals surface area contributed by atoms with Crippen LogP contribution < -0.4 is 4.74 Å². The lowest BCUT2D eigenvalue weighted by Crippen LogP contribution is -2.23. The van der Waals surface area contributed by atoms with Crippen molar-refractivity contribution in [3.63, 3.8) is 0 Å². The Morgan fingerprint density at radius 1 is 1.05 bits per heavy atom. The molecule has 0 saturated carbocycles. The second kappa shape index (κ2) is 6.23. The van der Waals surface area contributed by atoms with E-state index in [9.17, 15) is 0 Å². The quantitative estimate of drug-likeness (QED) is 0.603. The Bertz CT molecular complexity index is 638. The number of rotatable bonds is 2. The molecule has 0 aromatic heterocycles. The molecular formula is C17H21OS2+. The largest absolute Gasteiger partial charge is 0.496 e. The standard InChI is InChI=1S/C17H21OS2/c1-3-19-10-12-20(13-11-19)17-9-8-16(18-2)14-6-4-5-7-15(14)17/h3-9H,10-13H2,1-2H3/q+1. The highest BCUT2D eigenvalue weighted by Crippen LogP contribution is 2.34. The van der Waals surface area contributed by atoms with Crippen LogP contribution in [0.15, 0.2) is 41.3 Å². The molecule has 1 heterocycles. The van der Waals surface area contributed by atoms with E-state index in [1.807, 2.05) is 0 Å². The molecule has 0 spiro atoms. The Balaban J connectivity index is 2.00. The fourth-order valence-electron chi connectivity index (χ4n) is 2.75. The molecule has 2 aromatic carbocycles. The molecule has 0 amide bonds. The minimum atomic E-state index is 0.416. The zero-order valence-electron chi connectivity index (χ0n) is 12.1. The van der Waals surface area contributed by atoms with Gasteiger partial charge < -0.3 is 4.74 Å². The normalized spacial score (nSPS) is 22.7. The lowest BCUT2D eigenvalue weighted by atomic mass is 10.1. The monoisotopic (exact) mass is 305 g/mol. The first-order valence-electron chi connectivity index (χ1n) is 7.02. The van der Waals surface area contributed by atoms with Crippen molar-refractivity contribution in [2.75, 3.05) is 30.1 Å². The van der Waals surface area contributed by atoms with Crippen LogP contribution in [0.5, 0.6) is 5.75 Å². The van der Waals surface area contributed by atoms with Crippen LogP contribution in [0.1, 0.15) is 6.92 Å². The molecule has 0 bridgehead atoms. The summed E-state index contributed by atoms with van der Waals surface area (Å²) in [5.41, 5.74) is 0. The Morgan fingerprint density at radius 3 is 2.40 bits per heavy atom. The third kappa shape index (κ3) is 2.61. The fourth-order valence-corrected chi connectivity index (χ4v) is 8.14. The highest BCUT2D eigenvalue weighted by molar-refractivity contribution is 8.17. The maximum Gasteiger partial charge on any atom is 0.163 e. The maximum atomic E-state index is 5.50. The second-order valence-electron chi connectivity index (χ2n) is 4.89. The summed E-state index contributed by atoms with van der Waals surface area (Å²) >= 11 is 0. The molecule has 106 valence electrons. The summed E-state index contributed by atoms with van der Waals surface area (Å²) in [6.45, 7) is 2.22. The number of ether oxygens (including phenoxy) is 1. The van der Waals surface area contributed by atoms with Gasteiger partial charge in [-0.1, -0.05) is 23.6 Å². The Labute approximate surface area is 126 Å². The van der Waals surface area contributed by atoms with Crippen LogP contribution in [-0.4, -0.2) is 35.5 Å². The van der Waals surface area contributed by atoms with Gasteiger partial charge in [-0.2, -0.15) is 10.5 Å². The summed E-state index contributed by atoms with van der Waals surface area (Å²) in [6, 6.07) is 13.1. The molecule has 1 fully saturated rings. The first-order chi connectivity index (χ1) is 9.83. The highest BCUT2D eigenvalue weighted by atomic mass is 32.2. The van der Waals surface area contributed by atoms with Crippen LogP contribution in [0.3, 0.4) is 0 Å². The minimum absolute atomic E-state index is 0.416. The SMILES string of the molecule is CC=S1CC[S+](c2ccc(OC)c3ccccc23)CC1. The molecule has 0 radical (unpaired) electrons. The summed E-state index contributed by atoms with van der Waals surface area (Å²) in [5.74, 6) is 6.44. The van der Waals surface area contributed by atoms with Crippen molar-refractivity contribution in [2.45, 2.75) is 11.8 Å². The summed E-state index contributed by atoms with van der Waals surface area (Å²) < 4.78 is 5.50. The molecule has 0 atom stereocenters. The summed E-state index contributed by atoms with van der Waals surface area (Å²) in [4.78, 5) is 1.54. The average molecular weight is 305 g/mol. The van der Waals surface area contributed by atoms with E-state index in [4.69, 9.17) is 4.74 Å². The van der Waals surface area contributed by atoms with E-state index in [1.165, 1.54) is 33.8 Å². The van der Waals surface area contributed by atoms with E-state index in [0.717, 1.165) is 5.75 Å². The van der Waals surface area contributed by atoms with Crippen molar-refractivity contribution >= 4 is 37.5 Å². The van der Waals surface area contributed by atoms with Crippen LogP contribution in [0.4, 0.5) is 0 Å². The lowest BCUT2D eigenvalue weighted by molar-refractivity contribution is 0.419. The van der Waals surface area contributed by atoms with Crippen molar-refractivity contribution in [2.24, 2.45) is 0 Å². The van der Waals surface area contributed by atoms with Gasteiger partial charge in [0.1, 0.15) is 17.3 Å². The molecule has 0 N–H and O–H groups in total. The topological polar surface area (TPSA) is 9.23 Å². The van der Waals surface area contributed by atoms with E-state index < -0.39 is 0 Å². The van der Waals surface area contributed by atoms with Crippen LogP contribution in [0.25, 0.3) is 10.8 Å². The molecule has 20 heavy (non-hydrogen) atoms. The zero-order chi connectivity index (χ0) is 13.9. The lowest BCUT2D eigenvalue weighted by Gasteiger charge is -2.18. The molecule has 1 aliphatic heterocycles. The Hall–Kier alpha value is -0.930. The summed E-state index contributed by atoms with van der Waals surface area (Å²) in [6.07, 6.45) is 0. The first kappa shape index (κ1) is 14.0. The van der Waals surface area contributed by atoms with E-state index >= 15 is 0 Å². The van der Waals surface area contributed by atoms with Gasteiger partial charge >= 0.3 is 0 Å². The van der Waals surface area contributed by atoms with Crippen LogP contribution >= 0.6 is 10.5 Å². The van der Waals surface area contributed by atoms with Gasteiger partial charge in [0.2, 0.25) is 0 Å². The smallest absolute Gasteiger partial charge is 0.163 e. The zero-order valence-corrected chi connectivity index (χ0v) is 13.7. The molecule has 1 nitrogen and oxygen atoms in total. The number of benzene rings is 2. The van der Waals surface area contributed by atoms with Gasteiger partial charge in [0.05, 0.1) is 7.11 Å². The molecule has 0 aliphatic carbocycles. The molecule has 3 rings (SSSR count). The molecule has 0 unspecified atom stereocenters. The molecular weight excluding hydrogens is 284 g/mol. The number of hydrogen-bond donors (Lipinski definition) is 0. The minimum Gasteiger partial charge on any atom is -0.496 e. The van der Waals surface area contributed by atoms with Crippen molar-refractivity contribution in [3.8, 4) is 5.75 Å². The van der Waals surface area contributed by atoms with Crippen molar-refractivity contribution in [1.82, 2.24) is 0 Å². The Morgan fingerprint density at radius 2 is 1.75 bits per heavy atom. The van der Waals surface area contributed by atoms with Gasteiger partial charge in [-0.25, -0.2) is 0 Å².